The van der Waals surface area contributed by atoms with E-state index in [9.17, 15) is 4.39 Å². The molecule has 0 saturated heterocycles. The first-order valence-electron chi connectivity index (χ1n) is 5.88. The van der Waals surface area contributed by atoms with Crippen LogP contribution in [0.4, 0.5) is 4.39 Å². The van der Waals surface area contributed by atoms with E-state index in [2.05, 4.69) is 15.9 Å². The van der Waals surface area contributed by atoms with Crippen LogP contribution in [0.1, 0.15) is 22.7 Å². The number of aryl methyl sites for hydroxylation is 1. The Labute approximate surface area is 120 Å². The Kier molecular flexibility index (Phi) is 4.22. The van der Waals surface area contributed by atoms with Crippen LogP contribution in [0.15, 0.2) is 40.9 Å². The maximum absolute atomic E-state index is 14.0. The second-order valence-corrected chi connectivity index (χ2v) is 5.28. The minimum absolute atomic E-state index is 0.355. The van der Waals surface area contributed by atoms with E-state index in [0.717, 1.165) is 15.6 Å². The molecular formula is C15H15BrFNO. The van der Waals surface area contributed by atoms with Crippen LogP contribution in [0.25, 0.3) is 0 Å². The molecule has 0 aliphatic rings. The van der Waals surface area contributed by atoms with Gasteiger partial charge in [-0.2, -0.15) is 0 Å². The van der Waals surface area contributed by atoms with Gasteiger partial charge < -0.3 is 10.5 Å². The van der Waals surface area contributed by atoms with Crippen molar-refractivity contribution in [1.82, 2.24) is 0 Å². The van der Waals surface area contributed by atoms with Crippen molar-refractivity contribution in [2.45, 2.75) is 13.0 Å². The normalized spacial score (nSPS) is 12.3. The van der Waals surface area contributed by atoms with E-state index < -0.39 is 6.04 Å². The number of hydrogen-bond donors (Lipinski definition) is 1. The van der Waals surface area contributed by atoms with Gasteiger partial charge in [0.1, 0.15) is 11.6 Å². The van der Waals surface area contributed by atoms with Crippen molar-refractivity contribution in [2.24, 2.45) is 5.73 Å². The number of methoxy groups -OCH3 is 1. The fourth-order valence-corrected chi connectivity index (χ4v) is 2.38. The third-order valence-corrected chi connectivity index (χ3v) is 3.61. The smallest absolute Gasteiger partial charge is 0.132 e. The largest absolute Gasteiger partial charge is 0.497 e. The highest BCUT2D eigenvalue weighted by atomic mass is 79.9. The molecule has 0 saturated carbocycles. The van der Waals surface area contributed by atoms with Gasteiger partial charge in [-0.05, 0) is 36.2 Å². The van der Waals surface area contributed by atoms with E-state index in [4.69, 9.17) is 10.5 Å². The summed E-state index contributed by atoms with van der Waals surface area (Å²) in [6.45, 7) is 1.96. The predicted octanol–water partition coefficient (Wildman–Crippen LogP) is 3.95. The number of rotatable bonds is 3. The Morgan fingerprint density at radius 3 is 2.53 bits per heavy atom. The van der Waals surface area contributed by atoms with Crippen LogP contribution < -0.4 is 10.5 Å². The highest BCUT2D eigenvalue weighted by molar-refractivity contribution is 9.10. The Morgan fingerprint density at radius 1 is 1.16 bits per heavy atom. The molecule has 2 N–H and O–H groups in total. The molecule has 0 aliphatic carbocycles. The summed E-state index contributed by atoms with van der Waals surface area (Å²) in [5.41, 5.74) is 8.57. The van der Waals surface area contributed by atoms with Gasteiger partial charge in [0.15, 0.2) is 0 Å². The second kappa shape index (κ2) is 5.72. The minimum atomic E-state index is -0.497. The van der Waals surface area contributed by atoms with Crippen molar-refractivity contribution in [1.29, 1.82) is 0 Å². The maximum atomic E-state index is 14.0. The predicted molar refractivity (Wildman–Crippen MR) is 77.9 cm³/mol. The van der Waals surface area contributed by atoms with Gasteiger partial charge in [0, 0.05) is 16.1 Å². The molecule has 0 heterocycles. The fraction of sp³-hybridized carbons (Fsp3) is 0.200. The maximum Gasteiger partial charge on any atom is 0.132 e. The van der Waals surface area contributed by atoms with Crippen LogP contribution in [-0.2, 0) is 0 Å². The first kappa shape index (κ1) is 14.0. The quantitative estimate of drug-likeness (QED) is 0.928. The molecule has 1 unspecified atom stereocenters. The summed E-state index contributed by atoms with van der Waals surface area (Å²) in [4.78, 5) is 0. The van der Waals surface area contributed by atoms with E-state index in [1.54, 1.807) is 12.1 Å². The zero-order valence-corrected chi connectivity index (χ0v) is 12.4. The van der Waals surface area contributed by atoms with Gasteiger partial charge in [-0.3, -0.25) is 0 Å². The standard InChI is InChI=1S/C15H15BrFNO/c1-9-3-4-10(16)7-13(9)15(18)12-6-5-11(19-2)8-14(12)17/h3-8,15H,18H2,1-2H3. The van der Waals surface area contributed by atoms with Gasteiger partial charge in [0.25, 0.3) is 0 Å². The van der Waals surface area contributed by atoms with Crippen molar-refractivity contribution in [2.75, 3.05) is 7.11 Å². The lowest BCUT2D eigenvalue weighted by Crippen LogP contribution is -2.15. The van der Waals surface area contributed by atoms with E-state index in [1.165, 1.54) is 13.2 Å². The Hall–Kier alpha value is -1.39. The molecule has 2 aromatic rings. The van der Waals surface area contributed by atoms with Crippen LogP contribution in [0.5, 0.6) is 5.75 Å². The summed E-state index contributed by atoms with van der Waals surface area (Å²) in [7, 11) is 1.51. The summed E-state index contributed by atoms with van der Waals surface area (Å²) in [6.07, 6.45) is 0. The summed E-state index contributed by atoms with van der Waals surface area (Å²) in [5, 5.41) is 0. The van der Waals surface area contributed by atoms with Crippen molar-refractivity contribution in [3.05, 3.63) is 63.4 Å². The molecule has 0 bridgehead atoms. The monoisotopic (exact) mass is 323 g/mol. The topological polar surface area (TPSA) is 35.2 Å². The lowest BCUT2D eigenvalue weighted by Gasteiger charge is -2.17. The van der Waals surface area contributed by atoms with Crippen LogP contribution in [-0.4, -0.2) is 7.11 Å². The lowest BCUT2D eigenvalue weighted by atomic mass is 9.95. The molecule has 2 aromatic carbocycles. The van der Waals surface area contributed by atoms with E-state index in [-0.39, 0.29) is 5.82 Å². The average Bonchev–Trinajstić information content (AvgIpc) is 2.40. The van der Waals surface area contributed by atoms with Gasteiger partial charge in [-0.15, -0.1) is 0 Å². The molecule has 0 spiro atoms. The summed E-state index contributed by atoms with van der Waals surface area (Å²) in [5.74, 6) is 0.130. The van der Waals surface area contributed by atoms with E-state index in [1.807, 2.05) is 25.1 Å². The molecule has 2 rings (SSSR count). The summed E-state index contributed by atoms with van der Waals surface area (Å²) < 4.78 is 20.0. The van der Waals surface area contributed by atoms with Gasteiger partial charge in [0.05, 0.1) is 13.2 Å². The first-order valence-corrected chi connectivity index (χ1v) is 6.67. The SMILES string of the molecule is COc1ccc(C(N)c2cc(Br)ccc2C)c(F)c1. The average molecular weight is 324 g/mol. The molecule has 2 nitrogen and oxygen atoms in total. The number of benzene rings is 2. The van der Waals surface area contributed by atoms with Crippen molar-refractivity contribution < 1.29 is 9.13 Å². The van der Waals surface area contributed by atoms with Crippen molar-refractivity contribution in [3.63, 3.8) is 0 Å². The third kappa shape index (κ3) is 2.96. The van der Waals surface area contributed by atoms with Gasteiger partial charge in [-0.25, -0.2) is 4.39 Å². The van der Waals surface area contributed by atoms with E-state index in [0.29, 0.717) is 11.3 Å². The van der Waals surface area contributed by atoms with Crippen LogP contribution in [0.3, 0.4) is 0 Å². The fourth-order valence-electron chi connectivity index (χ4n) is 2.00. The highest BCUT2D eigenvalue weighted by Gasteiger charge is 2.16. The Balaban J connectivity index is 2.43. The van der Waals surface area contributed by atoms with E-state index >= 15 is 0 Å². The molecule has 0 amide bonds. The van der Waals surface area contributed by atoms with Crippen LogP contribution in [0, 0.1) is 12.7 Å². The molecule has 4 heteroatoms. The Bertz CT molecular complexity index is 601. The van der Waals surface area contributed by atoms with Gasteiger partial charge >= 0.3 is 0 Å². The highest BCUT2D eigenvalue weighted by Crippen LogP contribution is 2.28. The van der Waals surface area contributed by atoms with Gasteiger partial charge in [-0.1, -0.05) is 28.1 Å². The zero-order chi connectivity index (χ0) is 14.0. The first-order chi connectivity index (χ1) is 9.02. The molecular weight excluding hydrogens is 309 g/mol. The minimum Gasteiger partial charge on any atom is -0.497 e. The van der Waals surface area contributed by atoms with Crippen LogP contribution >= 0.6 is 15.9 Å². The number of ether oxygens (including phenoxy) is 1. The van der Waals surface area contributed by atoms with Crippen LogP contribution in [0.2, 0.25) is 0 Å². The summed E-state index contributed by atoms with van der Waals surface area (Å²) in [6, 6.07) is 10.1. The third-order valence-electron chi connectivity index (χ3n) is 3.12. The van der Waals surface area contributed by atoms with Gasteiger partial charge in [0.2, 0.25) is 0 Å². The molecule has 19 heavy (non-hydrogen) atoms. The number of halogens is 2. The molecule has 0 radical (unpaired) electrons. The molecule has 0 aromatic heterocycles. The Morgan fingerprint density at radius 2 is 1.89 bits per heavy atom. The van der Waals surface area contributed by atoms with Crippen molar-refractivity contribution in [3.8, 4) is 5.75 Å². The lowest BCUT2D eigenvalue weighted by molar-refractivity contribution is 0.410. The molecule has 0 fully saturated rings. The van der Waals surface area contributed by atoms with Crippen molar-refractivity contribution >= 4 is 15.9 Å². The zero-order valence-electron chi connectivity index (χ0n) is 10.8. The summed E-state index contributed by atoms with van der Waals surface area (Å²) >= 11 is 3.41. The molecule has 1 atom stereocenters. The number of hydrogen-bond acceptors (Lipinski definition) is 2. The number of nitrogens with two attached hydrogens (primary N) is 1. The molecule has 0 aliphatic heterocycles. The second-order valence-electron chi connectivity index (χ2n) is 4.37. The molecule has 100 valence electrons.